The minimum atomic E-state index is 0.675. The Bertz CT molecular complexity index is 605. The summed E-state index contributed by atoms with van der Waals surface area (Å²) in [4.78, 5) is 4.61. The molecule has 0 aliphatic heterocycles. The van der Waals surface area contributed by atoms with Gasteiger partial charge < -0.3 is 9.72 Å². The lowest BCUT2D eigenvalue weighted by Gasteiger charge is -2.15. The van der Waals surface area contributed by atoms with E-state index in [0.717, 1.165) is 23.8 Å². The lowest BCUT2D eigenvalue weighted by Crippen LogP contribution is -2.25. The summed E-state index contributed by atoms with van der Waals surface area (Å²) in [5.74, 6) is 1.03. The Labute approximate surface area is 114 Å². The predicted octanol–water partition coefficient (Wildman–Crippen LogP) is 2.92. The van der Waals surface area contributed by atoms with E-state index in [4.69, 9.17) is 0 Å². The van der Waals surface area contributed by atoms with Crippen molar-refractivity contribution in [2.75, 3.05) is 6.54 Å². The number of aromatic nitrogens is 2. The molecule has 2 fully saturated rings. The minimum absolute atomic E-state index is 0.675. The number of pyridine rings is 1. The summed E-state index contributed by atoms with van der Waals surface area (Å²) in [6.45, 7) is 4.24. The summed E-state index contributed by atoms with van der Waals surface area (Å²) in [7, 11) is 0. The molecule has 3 nitrogen and oxygen atoms in total. The minimum Gasteiger partial charge on any atom is -0.311 e. The Morgan fingerprint density at radius 1 is 1.37 bits per heavy atom. The lowest BCUT2D eigenvalue weighted by atomic mass is 10.0. The van der Waals surface area contributed by atoms with Crippen LogP contribution in [0.15, 0.2) is 24.4 Å². The van der Waals surface area contributed by atoms with Gasteiger partial charge in [-0.3, -0.25) is 0 Å². The van der Waals surface area contributed by atoms with Gasteiger partial charge in [-0.1, -0.05) is 6.07 Å². The van der Waals surface area contributed by atoms with Crippen molar-refractivity contribution < 1.29 is 0 Å². The van der Waals surface area contributed by atoms with Gasteiger partial charge in [0.25, 0.3) is 0 Å². The molecule has 0 unspecified atom stereocenters. The van der Waals surface area contributed by atoms with E-state index in [1.165, 1.54) is 37.9 Å². The van der Waals surface area contributed by atoms with E-state index in [1.54, 1.807) is 0 Å². The Hall–Kier alpha value is -1.35. The number of fused-ring (bicyclic) bond motifs is 1. The average molecular weight is 255 g/mol. The molecule has 19 heavy (non-hydrogen) atoms. The fraction of sp³-hybridized carbons (Fsp3) is 0.562. The van der Waals surface area contributed by atoms with Crippen LogP contribution in [0.5, 0.6) is 0 Å². The van der Waals surface area contributed by atoms with Crippen LogP contribution < -0.4 is 5.32 Å². The second-order valence-corrected chi connectivity index (χ2v) is 6.31. The van der Waals surface area contributed by atoms with Crippen LogP contribution in [0, 0.1) is 18.3 Å². The molecular weight excluding hydrogens is 234 g/mol. The van der Waals surface area contributed by atoms with Crippen LogP contribution in [0.4, 0.5) is 0 Å². The van der Waals surface area contributed by atoms with Crippen LogP contribution in [0.2, 0.25) is 0 Å². The number of rotatable bonds is 5. The zero-order chi connectivity index (χ0) is 12.9. The third-order valence-corrected chi connectivity index (χ3v) is 4.93. The van der Waals surface area contributed by atoms with E-state index < -0.39 is 0 Å². The number of nitrogens with one attached hydrogen (secondary N) is 1. The van der Waals surface area contributed by atoms with Gasteiger partial charge in [-0.05, 0) is 56.1 Å². The molecule has 0 atom stereocenters. The molecule has 2 aliphatic rings. The number of hydrogen-bond donors (Lipinski definition) is 1. The van der Waals surface area contributed by atoms with Gasteiger partial charge in [0.2, 0.25) is 0 Å². The molecule has 2 aromatic heterocycles. The molecule has 0 spiro atoms. The first-order chi connectivity index (χ1) is 9.28. The molecular formula is C16H21N3. The zero-order valence-corrected chi connectivity index (χ0v) is 11.5. The van der Waals surface area contributed by atoms with Gasteiger partial charge in [0.05, 0.1) is 11.4 Å². The van der Waals surface area contributed by atoms with Crippen molar-refractivity contribution >= 4 is 5.65 Å². The smallest absolute Gasteiger partial charge is 0.137 e. The van der Waals surface area contributed by atoms with Gasteiger partial charge in [0.1, 0.15) is 5.65 Å². The van der Waals surface area contributed by atoms with E-state index in [0.29, 0.717) is 5.41 Å². The summed E-state index contributed by atoms with van der Waals surface area (Å²) in [6, 6.07) is 6.19. The molecule has 2 saturated carbocycles. The van der Waals surface area contributed by atoms with Crippen molar-refractivity contribution in [1.29, 1.82) is 0 Å². The Balaban J connectivity index is 1.47. The first-order valence-electron chi connectivity index (χ1n) is 7.42. The molecule has 100 valence electrons. The van der Waals surface area contributed by atoms with Gasteiger partial charge in [-0.15, -0.1) is 0 Å². The van der Waals surface area contributed by atoms with E-state index in [-0.39, 0.29) is 0 Å². The number of hydrogen-bond acceptors (Lipinski definition) is 2. The second-order valence-electron chi connectivity index (χ2n) is 6.31. The quantitative estimate of drug-likeness (QED) is 0.890. The number of nitrogens with zero attached hydrogens (tertiary/aromatic N) is 2. The van der Waals surface area contributed by atoms with Crippen LogP contribution in [0.1, 0.15) is 37.1 Å². The highest BCUT2D eigenvalue weighted by Gasteiger charge is 2.53. The third kappa shape index (κ3) is 1.96. The number of aryl methyl sites for hydroxylation is 1. The molecule has 0 bridgehead atoms. The fourth-order valence-electron chi connectivity index (χ4n) is 3.39. The van der Waals surface area contributed by atoms with Crippen molar-refractivity contribution in [2.24, 2.45) is 11.3 Å². The first kappa shape index (κ1) is 11.5. The highest BCUT2D eigenvalue weighted by Crippen LogP contribution is 2.60. The van der Waals surface area contributed by atoms with Gasteiger partial charge in [0, 0.05) is 19.3 Å². The van der Waals surface area contributed by atoms with Crippen molar-refractivity contribution in [1.82, 2.24) is 14.7 Å². The molecule has 0 radical (unpaired) electrons. The Morgan fingerprint density at radius 2 is 2.21 bits per heavy atom. The largest absolute Gasteiger partial charge is 0.311 e. The van der Waals surface area contributed by atoms with Gasteiger partial charge in [-0.25, -0.2) is 4.98 Å². The molecule has 3 heteroatoms. The normalized spacial score (nSPS) is 20.9. The molecule has 2 aromatic rings. The molecule has 2 heterocycles. The third-order valence-electron chi connectivity index (χ3n) is 4.93. The summed E-state index contributed by atoms with van der Waals surface area (Å²) >= 11 is 0. The highest BCUT2D eigenvalue weighted by molar-refractivity contribution is 5.42. The van der Waals surface area contributed by atoms with Gasteiger partial charge >= 0.3 is 0 Å². The second kappa shape index (κ2) is 4.07. The van der Waals surface area contributed by atoms with Crippen molar-refractivity contribution in [3.8, 4) is 0 Å². The molecule has 1 N–H and O–H groups in total. The standard InChI is InChI=1S/C16H21N3/c1-12-14(19-9-3-2-4-15(19)18-12)10-17-11-16(7-8-16)13-5-6-13/h2-4,9,13,17H,5-8,10-11H2,1H3. The maximum absolute atomic E-state index is 4.61. The maximum atomic E-state index is 4.61. The maximum Gasteiger partial charge on any atom is 0.137 e. The summed E-state index contributed by atoms with van der Waals surface area (Å²) in [5.41, 5.74) is 4.19. The lowest BCUT2D eigenvalue weighted by molar-refractivity contribution is 0.402. The van der Waals surface area contributed by atoms with Crippen molar-refractivity contribution in [3.05, 3.63) is 35.8 Å². The Morgan fingerprint density at radius 3 is 2.95 bits per heavy atom. The van der Waals surface area contributed by atoms with Crippen LogP contribution in [0.3, 0.4) is 0 Å². The summed E-state index contributed by atoms with van der Waals surface area (Å²) < 4.78 is 2.21. The topological polar surface area (TPSA) is 29.3 Å². The van der Waals surface area contributed by atoms with E-state index in [2.05, 4.69) is 40.0 Å². The van der Waals surface area contributed by atoms with Crippen LogP contribution in [-0.2, 0) is 6.54 Å². The molecule has 0 aromatic carbocycles. The molecule has 2 aliphatic carbocycles. The Kier molecular flexibility index (Phi) is 2.46. The summed E-state index contributed by atoms with van der Waals surface area (Å²) in [6.07, 6.45) is 7.93. The van der Waals surface area contributed by atoms with Crippen LogP contribution >= 0.6 is 0 Å². The van der Waals surface area contributed by atoms with Gasteiger partial charge in [-0.2, -0.15) is 0 Å². The zero-order valence-electron chi connectivity index (χ0n) is 11.5. The van der Waals surface area contributed by atoms with Crippen molar-refractivity contribution in [2.45, 2.75) is 39.2 Å². The van der Waals surface area contributed by atoms with Gasteiger partial charge in [0.15, 0.2) is 0 Å². The summed E-state index contributed by atoms with van der Waals surface area (Å²) in [5, 5.41) is 3.68. The highest BCUT2D eigenvalue weighted by atomic mass is 15.0. The number of imidazole rings is 1. The first-order valence-corrected chi connectivity index (χ1v) is 7.42. The molecule has 0 saturated heterocycles. The van der Waals surface area contributed by atoms with E-state index in [9.17, 15) is 0 Å². The van der Waals surface area contributed by atoms with E-state index >= 15 is 0 Å². The predicted molar refractivity (Wildman–Crippen MR) is 76.0 cm³/mol. The molecule has 0 amide bonds. The monoisotopic (exact) mass is 255 g/mol. The van der Waals surface area contributed by atoms with Crippen LogP contribution in [0.25, 0.3) is 5.65 Å². The van der Waals surface area contributed by atoms with Crippen LogP contribution in [-0.4, -0.2) is 15.9 Å². The molecule has 4 rings (SSSR count). The average Bonchev–Trinajstić information content (AvgIpc) is 3.29. The fourth-order valence-corrected chi connectivity index (χ4v) is 3.39. The van der Waals surface area contributed by atoms with Crippen molar-refractivity contribution in [3.63, 3.8) is 0 Å². The SMILES string of the molecule is Cc1nc2ccccn2c1CNCC1(C2CC2)CC1. The van der Waals surface area contributed by atoms with E-state index in [1.807, 2.05) is 6.07 Å².